The number of rotatable bonds is 6. The van der Waals surface area contributed by atoms with Gasteiger partial charge in [0, 0.05) is 12.8 Å². The number of urea groups is 1. The van der Waals surface area contributed by atoms with E-state index in [2.05, 4.69) is 31.1 Å². The average molecular weight is 430 g/mol. The molecule has 1 heterocycles. The van der Waals surface area contributed by atoms with Crippen LogP contribution in [0.25, 0.3) is 0 Å². The molecule has 0 bridgehead atoms. The first kappa shape index (κ1) is 22.9. The number of barbiturate groups is 1. The molecule has 0 aromatic heterocycles. The molecule has 4 amide bonds. The number of nitrogens with one attached hydrogen (secondary N) is 1. The Hall–Kier alpha value is -2.74. The van der Waals surface area contributed by atoms with Crippen LogP contribution in [-0.4, -0.2) is 48.4 Å². The van der Waals surface area contributed by atoms with Gasteiger partial charge >= 0.3 is 6.03 Å². The maximum absolute atomic E-state index is 13.0. The highest BCUT2D eigenvalue weighted by Gasteiger charge is 2.42. The second-order valence-corrected chi connectivity index (χ2v) is 9.58. The first-order valence-corrected chi connectivity index (χ1v) is 10.6. The highest BCUT2D eigenvalue weighted by Crippen LogP contribution is 2.46. The summed E-state index contributed by atoms with van der Waals surface area (Å²) in [5.41, 5.74) is 0.119. The number of imide groups is 2. The third-order valence-electron chi connectivity index (χ3n) is 5.76. The summed E-state index contributed by atoms with van der Waals surface area (Å²) in [4.78, 5) is 42.9. The number of benzene rings is 1. The molecule has 1 saturated heterocycles. The van der Waals surface area contributed by atoms with E-state index < -0.39 is 29.9 Å². The highest BCUT2D eigenvalue weighted by atomic mass is 16.5. The van der Waals surface area contributed by atoms with Crippen molar-refractivity contribution in [2.75, 3.05) is 18.1 Å². The van der Waals surface area contributed by atoms with Gasteiger partial charge in [0.1, 0.15) is 5.75 Å². The van der Waals surface area contributed by atoms with Crippen molar-refractivity contribution in [3.63, 3.8) is 0 Å². The standard InChI is InChI=1S/C23H31N3O5/c1-5-31-17-8-6-15(7-9-17)26-20(29)18(19(28)25-21(26)30)12-24-14-23(4)11-16(27)10-22(2,3)13-23/h6-9,12,16,18,27H,5,10-11,13-14H2,1-4H3,(H,25,28,30)/t16-,18-,23-/m1/s1. The smallest absolute Gasteiger partial charge is 0.335 e. The zero-order valence-electron chi connectivity index (χ0n) is 18.6. The minimum Gasteiger partial charge on any atom is -0.494 e. The summed E-state index contributed by atoms with van der Waals surface area (Å²) in [5.74, 6) is -1.89. The SMILES string of the molecule is CCOc1ccc(N2C(=O)NC(=O)[C@@H](C=NC[C@]3(C)C[C@H](O)CC(C)(C)C3)C2=O)cc1. The predicted molar refractivity (Wildman–Crippen MR) is 117 cm³/mol. The quantitative estimate of drug-likeness (QED) is 0.534. The van der Waals surface area contributed by atoms with Crippen LogP contribution in [0.3, 0.4) is 0 Å². The zero-order valence-corrected chi connectivity index (χ0v) is 18.6. The van der Waals surface area contributed by atoms with E-state index in [1.54, 1.807) is 24.3 Å². The molecule has 3 atom stereocenters. The van der Waals surface area contributed by atoms with Gasteiger partial charge in [0.15, 0.2) is 5.92 Å². The van der Waals surface area contributed by atoms with E-state index in [1.165, 1.54) is 6.21 Å². The van der Waals surface area contributed by atoms with E-state index >= 15 is 0 Å². The molecule has 2 N–H and O–H groups in total. The maximum atomic E-state index is 13.0. The van der Waals surface area contributed by atoms with E-state index in [0.29, 0.717) is 31.0 Å². The number of anilines is 1. The topological polar surface area (TPSA) is 108 Å². The number of carbonyl (C=O) groups excluding carboxylic acids is 3. The molecule has 2 aliphatic rings. The lowest BCUT2D eigenvalue weighted by Crippen LogP contribution is -2.58. The molecule has 1 aliphatic heterocycles. The molecule has 31 heavy (non-hydrogen) atoms. The minimum atomic E-state index is -1.19. The predicted octanol–water partition coefficient (Wildman–Crippen LogP) is 2.93. The van der Waals surface area contributed by atoms with Crippen molar-refractivity contribution in [1.29, 1.82) is 0 Å². The summed E-state index contributed by atoms with van der Waals surface area (Å²) in [5, 5.41) is 12.5. The summed E-state index contributed by atoms with van der Waals surface area (Å²) in [6.07, 6.45) is 3.18. The Morgan fingerprint density at radius 3 is 2.48 bits per heavy atom. The number of carbonyl (C=O) groups is 3. The Labute approximate surface area is 182 Å². The van der Waals surface area contributed by atoms with Gasteiger partial charge in [0.25, 0.3) is 5.91 Å². The fourth-order valence-corrected chi connectivity index (χ4v) is 4.90. The number of hydrogen-bond acceptors (Lipinski definition) is 6. The largest absolute Gasteiger partial charge is 0.494 e. The van der Waals surface area contributed by atoms with E-state index in [4.69, 9.17) is 4.74 Å². The fourth-order valence-electron chi connectivity index (χ4n) is 4.90. The molecule has 8 nitrogen and oxygen atoms in total. The number of ether oxygens (including phenoxy) is 1. The molecule has 8 heteroatoms. The van der Waals surface area contributed by atoms with Crippen LogP contribution in [0.2, 0.25) is 0 Å². The van der Waals surface area contributed by atoms with Crippen molar-refractivity contribution >= 4 is 29.7 Å². The molecular weight excluding hydrogens is 398 g/mol. The summed E-state index contributed by atoms with van der Waals surface area (Å²) in [7, 11) is 0. The Morgan fingerprint density at radius 1 is 1.19 bits per heavy atom. The minimum absolute atomic E-state index is 0.00313. The van der Waals surface area contributed by atoms with Crippen LogP contribution in [0.15, 0.2) is 29.3 Å². The van der Waals surface area contributed by atoms with Gasteiger partial charge in [-0.25, -0.2) is 9.69 Å². The highest BCUT2D eigenvalue weighted by molar-refractivity contribution is 6.32. The summed E-state index contributed by atoms with van der Waals surface area (Å²) >= 11 is 0. The summed E-state index contributed by atoms with van der Waals surface area (Å²) < 4.78 is 5.39. The molecular formula is C23H31N3O5. The van der Waals surface area contributed by atoms with Crippen molar-refractivity contribution in [2.24, 2.45) is 21.7 Å². The number of amides is 4. The van der Waals surface area contributed by atoms with E-state index in [-0.39, 0.29) is 10.8 Å². The lowest BCUT2D eigenvalue weighted by atomic mass is 9.63. The molecule has 0 radical (unpaired) electrons. The number of aliphatic hydroxyl groups is 1. The van der Waals surface area contributed by atoms with Gasteiger partial charge in [-0.3, -0.25) is 19.9 Å². The van der Waals surface area contributed by atoms with Gasteiger partial charge in [0.2, 0.25) is 5.91 Å². The van der Waals surface area contributed by atoms with Crippen LogP contribution in [0.4, 0.5) is 10.5 Å². The fraction of sp³-hybridized carbons (Fsp3) is 0.565. The number of hydrogen-bond donors (Lipinski definition) is 2. The molecule has 0 unspecified atom stereocenters. The van der Waals surface area contributed by atoms with E-state index in [0.717, 1.165) is 17.7 Å². The third-order valence-corrected chi connectivity index (χ3v) is 5.76. The molecule has 1 aromatic carbocycles. The third kappa shape index (κ3) is 5.31. The Bertz CT molecular complexity index is 880. The number of nitrogens with zero attached hydrogens (tertiary/aromatic N) is 2. The molecule has 1 aromatic rings. The van der Waals surface area contributed by atoms with Crippen LogP contribution >= 0.6 is 0 Å². The molecule has 1 saturated carbocycles. The molecule has 1 aliphatic carbocycles. The van der Waals surface area contributed by atoms with Gasteiger partial charge < -0.3 is 9.84 Å². The van der Waals surface area contributed by atoms with Crippen LogP contribution in [0, 0.1) is 16.7 Å². The normalized spacial score (nSPS) is 28.7. The number of aliphatic hydroxyl groups excluding tert-OH is 1. The number of aliphatic imine (C=N–C) groups is 1. The van der Waals surface area contributed by atoms with Crippen LogP contribution in [-0.2, 0) is 9.59 Å². The molecule has 3 rings (SSSR count). The van der Waals surface area contributed by atoms with E-state index in [9.17, 15) is 19.5 Å². The van der Waals surface area contributed by atoms with Crippen molar-refractivity contribution in [1.82, 2.24) is 5.32 Å². The first-order chi connectivity index (χ1) is 14.5. The Kier molecular flexibility index (Phi) is 6.50. The molecule has 168 valence electrons. The van der Waals surface area contributed by atoms with Crippen LogP contribution < -0.4 is 15.0 Å². The Balaban J connectivity index is 1.74. The molecule has 0 spiro atoms. The lowest BCUT2D eigenvalue weighted by molar-refractivity contribution is -0.131. The second-order valence-electron chi connectivity index (χ2n) is 9.58. The van der Waals surface area contributed by atoms with Crippen molar-refractivity contribution < 1.29 is 24.2 Å². The molecule has 2 fully saturated rings. The Morgan fingerprint density at radius 2 is 1.87 bits per heavy atom. The second kappa shape index (κ2) is 8.78. The maximum Gasteiger partial charge on any atom is 0.335 e. The zero-order chi connectivity index (χ0) is 22.8. The van der Waals surface area contributed by atoms with Gasteiger partial charge in [0.05, 0.1) is 18.4 Å². The van der Waals surface area contributed by atoms with Gasteiger partial charge in [-0.2, -0.15) is 0 Å². The van der Waals surface area contributed by atoms with Gasteiger partial charge in [-0.15, -0.1) is 0 Å². The average Bonchev–Trinajstić information content (AvgIpc) is 2.64. The lowest BCUT2D eigenvalue weighted by Gasteiger charge is -2.44. The van der Waals surface area contributed by atoms with Gasteiger partial charge in [-0.1, -0.05) is 20.8 Å². The van der Waals surface area contributed by atoms with Crippen LogP contribution in [0.5, 0.6) is 5.75 Å². The van der Waals surface area contributed by atoms with Crippen molar-refractivity contribution in [2.45, 2.75) is 53.1 Å². The van der Waals surface area contributed by atoms with Crippen molar-refractivity contribution in [3.05, 3.63) is 24.3 Å². The van der Waals surface area contributed by atoms with Crippen molar-refractivity contribution in [3.8, 4) is 5.75 Å². The first-order valence-electron chi connectivity index (χ1n) is 10.6. The van der Waals surface area contributed by atoms with Crippen LogP contribution in [0.1, 0.15) is 47.0 Å². The van der Waals surface area contributed by atoms with E-state index in [1.807, 2.05) is 6.92 Å². The monoisotopic (exact) mass is 429 g/mol. The summed E-state index contributed by atoms with van der Waals surface area (Å²) in [6, 6.07) is 5.73. The summed E-state index contributed by atoms with van der Waals surface area (Å²) in [6.45, 7) is 9.06. The van der Waals surface area contributed by atoms with Gasteiger partial charge in [-0.05, 0) is 61.3 Å².